The molecule has 0 aliphatic rings. The van der Waals surface area contributed by atoms with Crippen LogP contribution in [0.3, 0.4) is 0 Å². The summed E-state index contributed by atoms with van der Waals surface area (Å²) >= 11 is 1.56. The number of aryl methyl sites for hydroxylation is 2. The Morgan fingerprint density at radius 3 is 2.64 bits per heavy atom. The van der Waals surface area contributed by atoms with Gasteiger partial charge in [0, 0.05) is 10.4 Å². The molecule has 5 heteroatoms. The van der Waals surface area contributed by atoms with Crippen molar-refractivity contribution in [2.75, 3.05) is 6.61 Å². The number of benzene rings is 1. The second-order valence-corrected chi connectivity index (χ2v) is 6.45. The molecule has 0 bridgehead atoms. The highest BCUT2D eigenvalue weighted by molar-refractivity contribution is 7.18. The smallest absolute Gasteiger partial charge is 0.260 e. The lowest BCUT2D eigenvalue weighted by Gasteiger charge is -2.05. The summed E-state index contributed by atoms with van der Waals surface area (Å²) in [7, 11) is 0. The van der Waals surface area contributed by atoms with E-state index in [0.29, 0.717) is 17.8 Å². The molecule has 2 heterocycles. The van der Waals surface area contributed by atoms with E-state index in [4.69, 9.17) is 4.74 Å². The Balaban J connectivity index is 2.01. The molecule has 22 heavy (non-hydrogen) atoms. The highest BCUT2D eigenvalue weighted by Gasteiger charge is 2.12. The number of aromatic amines is 1. The highest BCUT2D eigenvalue weighted by atomic mass is 32.1. The first-order valence-electron chi connectivity index (χ1n) is 7.33. The third-order valence-corrected chi connectivity index (χ3v) is 4.74. The predicted octanol–water partition coefficient (Wildman–Crippen LogP) is 4.06. The van der Waals surface area contributed by atoms with E-state index in [-0.39, 0.29) is 5.56 Å². The summed E-state index contributed by atoms with van der Waals surface area (Å²) < 4.78 is 5.57. The molecule has 0 aliphatic carbocycles. The molecule has 0 aliphatic heterocycles. The Labute approximate surface area is 132 Å². The van der Waals surface area contributed by atoms with Crippen LogP contribution in [0.5, 0.6) is 5.75 Å². The molecule has 0 saturated heterocycles. The van der Waals surface area contributed by atoms with E-state index in [9.17, 15) is 4.79 Å². The van der Waals surface area contributed by atoms with Gasteiger partial charge < -0.3 is 9.72 Å². The predicted molar refractivity (Wildman–Crippen MR) is 90.9 cm³/mol. The average Bonchev–Trinajstić information content (AvgIpc) is 2.81. The molecule has 0 saturated carbocycles. The summed E-state index contributed by atoms with van der Waals surface area (Å²) in [5.41, 5.74) is 1.82. The van der Waals surface area contributed by atoms with Gasteiger partial charge in [-0.1, -0.05) is 6.92 Å². The van der Waals surface area contributed by atoms with Crippen molar-refractivity contribution in [3.63, 3.8) is 0 Å². The summed E-state index contributed by atoms with van der Waals surface area (Å²) in [6.45, 7) is 6.75. The molecule has 3 aromatic rings. The first-order chi connectivity index (χ1) is 10.6. The van der Waals surface area contributed by atoms with Gasteiger partial charge in [-0.25, -0.2) is 4.98 Å². The first kappa shape index (κ1) is 14.8. The molecule has 0 unspecified atom stereocenters. The first-order valence-corrected chi connectivity index (χ1v) is 8.15. The topological polar surface area (TPSA) is 55.0 Å². The number of hydrogen-bond acceptors (Lipinski definition) is 4. The third kappa shape index (κ3) is 2.64. The van der Waals surface area contributed by atoms with Crippen LogP contribution in [-0.2, 0) is 0 Å². The SMILES string of the molecule is CCCOc1ccc(-c2nc3sc(C)c(C)c3c(=O)[nH]2)cc1. The van der Waals surface area contributed by atoms with Gasteiger partial charge >= 0.3 is 0 Å². The molecule has 1 aromatic carbocycles. The number of fused-ring (bicyclic) bond motifs is 1. The van der Waals surface area contributed by atoms with Gasteiger partial charge in [0.2, 0.25) is 0 Å². The Morgan fingerprint density at radius 2 is 1.95 bits per heavy atom. The second kappa shape index (κ2) is 5.93. The summed E-state index contributed by atoms with van der Waals surface area (Å²) in [4.78, 5) is 21.7. The van der Waals surface area contributed by atoms with Crippen LogP contribution < -0.4 is 10.3 Å². The Morgan fingerprint density at radius 1 is 1.23 bits per heavy atom. The molecule has 3 rings (SSSR count). The van der Waals surface area contributed by atoms with Gasteiger partial charge in [-0.05, 0) is 50.1 Å². The molecule has 0 atom stereocenters. The molecule has 1 N–H and O–H groups in total. The lowest BCUT2D eigenvalue weighted by Crippen LogP contribution is -2.09. The van der Waals surface area contributed by atoms with Crippen molar-refractivity contribution in [1.29, 1.82) is 0 Å². The van der Waals surface area contributed by atoms with Crippen molar-refractivity contribution in [3.05, 3.63) is 45.1 Å². The number of nitrogens with one attached hydrogen (secondary N) is 1. The quantitative estimate of drug-likeness (QED) is 0.790. The van der Waals surface area contributed by atoms with Crippen molar-refractivity contribution >= 4 is 21.6 Å². The fourth-order valence-electron chi connectivity index (χ4n) is 2.32. The minimum absolute atomic E-state index is 0.0758. The van der Waals surface area contributed by atoms with Crippen LogP contribution in [0.15, 0.2) is 29.1 Å². The number of thiophene rings is 1. The number of nitrogens with zero attached hydrogens (tertiary/aromatic N) is 1. The summed E-state index contributed by atoms with van der Waals surface area (Å²) in [5.74, 6) is 1.43. The van der Waals surface area contributed by atoms with E-state index in [0.717, 1.165) is 33.0 Å². The van der Waals surface area contributed by atoms with Crippen molar-refractivity contribution in [2.24, 2.45) is 0 Å². The zero-order valence-corrected chi connectivity index (χ0v) is 13.7. The fraction of sp³-hybridized carbons (Fsp3) is 0.294. The second-order valence-electron chi connectivity index (χ2n) is 5.25. The minimum atomic E-state index is -0.0758. The van der Waals surface area contributed by atoms with Crippen LogP contribution in [0, 0.1) is 13.8 Å². The zero-order chi connectivity index (χ0) is 15.7. The van der Waals surface area contributed by atoms with Crippen LogP contribution in [-0.4, -0.2) is 16.6 Å². The van der Waals surface area contributed by atoms with Crippen molar-refractivity contribution in [3.8, 4) is 17.1 Å². The summed E-state index contributed by atoms with van der Waals surface area (Å²) in [6.07, 6.45) is 0.977. The van der Waals surface area contributed by atoms with Gasteiger partial charge in [0.05, 0.1) is 12.0 Å². The normalized spacial score (nSPS) is 11.0. The lowest BCUT2D eigenvalue weighted by atomic mass is 10.2. The Hall–Kier alpha value is -2.14. The highest BCUT2D eigenvalue weighted by Crippen LogP contribution is 2.27. The van der Waals surface area contributed by atoms with Crippen LogP contribution in [0.25, 0.3) is 21.6 Å². The maximum atomic E-state index is 12.3. The van der Waals surface area contributed by atoms with Crippen molar-refractivity contribution < 1.29 is 4.74 Å². The van der Waals surface area contributed by atoms with E-state index in [2.05, 4.69) is 16.9 Å². The monoisotopic (exact) mass is 314 g/mol. The molecule has 0 amide bonds. The van der Waals surface area contributed by atoms with Gasteiger partial charge in [-0.15, -0.1) is 11.3 Å². The number of hydrogen-bond donors (Lipinski definition) is 1. The molecule has 114 valence electrons. The number of rotatable bonds is 4. The molecule has 2 aromatic heterocycles. The Kier molecular flexibility index (Phi) is 3.98. The van der Waals surface area contributed by atoms with Crippen molar-refractivity contribution in [2.45, 2.75) is 27.2 Å². The van der Waals surface area contributed by atoms with Crippen LogP contribution in [0.4, 0.5) is 0 Å². The van der Waals surface area contributed by atoms with E-state index in [1.807, 2.05) is 38.1 Å². The Bertz CT molecular complexity index is 863. The third-order valence-electron chi connectivity index (χ3n) is 3.64. The molecule has 0 radical (unpaired) electrons. The number of aromatic nitrogens is 2. The maximum Gasteiger partial charge on any atom is 0.260 e. The summed E-state index contributed by atoms with van der Waals surface area (Å²) in [6, 6.07) is 7.64. The molecular formula is C17H18N2O2S. The van der Waals surface area contributed by atoms with Crippen LogP contribution in [0.2, 0.25) is 0 Å². The van der Waals surface area contributed by atoms with Gasteiger partial charge in [-0.3, -0.25) is 4.79 Å². The van der Waals surface area contributed by atoms with E-state index < -0.39 is 0 Å². The fourth-order valence-corrected chi connectivity index (χ4v) is 3.35. The van der Waals surface area contributed by atoms with Gasteiger partial charge in [0.1, 0.15) is 16.4 Å². The average molecular weight is 314 g/mol. The number of H-pyrrole nitrogens is 1. The molecular weight excluding hydrogens is 296 g/mol. The minimum Gasteiger partial charge on any atom is -0.494 e. The standard InChI is InChI=1S/C17H18N2O2S/c1-4-9-21-13-7-5-12(6-8-13)15-18-16(20)14-10(2)11(3)22-17(14)19-15/h5-8H,4,9H2,1-3H3,(H,18,19,20). The van der Waals surface area contributed by atoms with Crippen LogP contribution in [0.1, 0.15) is 23.8 Å². The van der Waals surface area contributed by atoms with Gasteiger partial charge in [-0.2, -0.15) is 0 Å². The van der Waals surface area contributed by atoms with E-state index in [1.54, 1.807) is 11.3 Å². The van der Waals surface area contributed by atoms with Crippen molar-refractivity contribution in [1.82, 2.24) is 9.97 Å². The zero-order valence-electron chi connectivity index (χ0n) is 12.9. The number of ether oxygens (including phenoxy) is 1. The summed E-state index contributed by atoms with van der Waals surface area (Å²) in [5, 5.41) is 0.703. The van der Waals surface area contributed by atoms with Crippen LogP contribution >= 0.6 is 11.3 Å². The van der Waals surface area contributed by atoms with E-state index >= 15 is 0 Å². The van der Waals surface area contributed by atoms with Gasteiger partial charge in [0.25, 0.3) is 5.56 Å². The lowest BCUT2D eigenvalue weighted by molar-refractivity contribution is 0.317. The molecule has 4 nitrogen and oxygen atoms in total. The molecule has 0 spiro atoms. The largest absolute Gasteiger partial charge is 0.494 e. The van der Waals surface area contributed by atoms with Gasteiger partial charge in [0.15, 0.2) is 0 Å². The molecule has 0 fully saturated rings. The van der Waals surface area contributed by atoms with E-state index in [1.165, 1.54) is 0 Å². The maximum absolute atomic E-state index is 12.3.